The maximum atomic E-state index is 11.7. The molecule has 1 aromatic heterocycles. The molecule has 1 unspecified atom stereocenters. The van der Waals surface area contributed by atoms with Crippen LogP contribution in [0.5, 0.6) is 0 Å². The average molecular weight is 479 g/mol. The molecule has 1 saturated heterocycles. The quantitative estimate of drug-likeness (QED) is 0.305. The van der Waals surface area contributed by atoms with Gasteiger partial charge < -0.3 is 9.64 Å². The molecule has 1 fully saturated rings. The fourth-order valence-electron chi connectivity index (χ4n) is 3.67. The van der Waals surface area contributed by atoms with E-state index in [9.17, 15) is 9.00 Å². The molecular weight excluding hydrogens is 444 g/mol. The Morgan fingerprint density at radius 1 is 1.31 bits per heavy atom. The van der Waals surface area contributed by atoms with Crippen molar-refractivity contribution in [1.82, 2.24) is 9.21 Å². The standard InChI is InChI=1S/C16H28N2O4S.C8H6S/c1-4-5-6-14(2)16(9-12-22-3)18(13-19)15-7-10-17(11-8-15)23(20)21;1-2-4-8-7(3-1)5-6-9-8/h5-6,13,15H,4,7-12H2,1-3H3,(H,20,21);1-6H/b6-5-,16-14+;. The van der Waals surface area contributed by atoms with Gasteiger partial charge in [0.25, 0.3) is 0 Å². The number of thiophene rings is 1. The van der Waals surface area contributed by atoms with E-state index in [0.717, 1.165) is 24.1 Å². The Hall–Kier alpha value is -1.84. The Morgan fingerprint density at radius 3 is 2.62 bits per heavy atom. The first-order chi connectivity index (χ1) is 15.5. The van der Waals surface area contributed by atoms with Crippen LogP contribution in [0.15, 0.2) is 59.1 Å². The van der Waals surface area contributed by atoms with Gasteiger partial charge in [0.1, 0.15) is 0 Å². The average Bonchev–Trinajstić information content (AvgIpc) is 3.29. The first-order valence-electron chi connectivity index (χ1n) is 10.9. The lowest BCUT2D eigenvalue weighted by molar-refractivity contribution is -0.119. The number of carbonyl (C=O) groups is 1. The number of rotatable bonds is 9. The molecule has 0 aliphatic carbocycles. The van der Waals surface area contributed by atoms with Gasteiger partial charge in [-0.05, 0) is 54.7 Å². The van der Waals surface area contributed by atoms with Gasteiger partial charge in [0, 0.05) is 43.1 Å². The zero-order valence-electron chi connectivity index (χ0n) is 19.1. The second-order valence-corrected chi connectivity index (χ2v) is 9.47. The van der Waals surface area contributed by atoms with Gasteiger partial charge in [-0.3, -0.25) is 9.35 Å². The van der Waals surface area contributed by atoms with Crippen molar-refractivity contribution < 1.29 is 18.3 Å². The summed E-state index contributed by atoms with van der Waals surface area (Å²) in [4.78, 5) is 13.5. The Labute approximate surface area is 198 Å². The van der Waals surface area contributed by atoms with E-state index in [1.165, 1.54) is 14.4 Å². The molecule has 0 saturated carbocycles. The van der Waals surface area contributed by atoms with E-state index in [1.54, 1.807) is 23.3 Å². The number of amides is 1. The van der Waals surface area contributed by atoms with Gasteiger partial charge in [0.2, 0.25) is 17.7 Å². The highest BCUT2D eigenvalue weighted by Gasteiger charge is 2.28. The third-order valence-corrected chi connectivity index (χ3v) is 7.13. The molecule has 1 amide bonds. The molecule has 1 aliphatic heterocycles. The van der Waals surface area contributed by atoms with Gasteiger partial charge in [-0.25, -0.2) is 8.51 Å². The SMILES string of the molecule is CC/C=C\C(C)=C(/CCOC)N(C=O)C1CCN(S(=O)O)CC1.c1ccc2sccc2c1. The number of carbonyl (C=O) groups excluding carboxylic acids is 1. The van der Waals surface area contributed by atoms with Gasteiger partial charge in [-0.2, -0.15) is 0 Å². The monoisotopic (exact) mass is 478 g/mol. The molecule has 8 heteroatoms. The van der Waals surface area contributed by atoms with Crippen LogP contribution in [0.3, 0.4) is 0 Å². The number of allylic oxidation sites excluding steroid dienone is 3. The topological polar surface area (TPSA) is 70.1 Å². The van der Waals surface area contributed by atoms with Crippen LogP contribution in [0.4, 0.5) is 0 Å². The second-order valence-electron chi connectivity index (χ2n) is 7.55. The second kappa shape index (κ2) is 14.3. The van der Waals surface area contributed by atoms with Gasteiger partial charge in [0.15, 0.2) is 0 Å². The van der Waals surface area contributed by atoms with Crippen LogP contribution in [0.25, 0.3) is 10.1 Å². The van der Waals surface area contributed by atoms with Gasteiger partial charge in [0.05, 0.1) is 6.61 Å². The van der Waals surface area contributed by atoms with Crippen LogP contribution < -0.4 is 0 Å². The van der Waals surface area contributed by atoms with Crippen LogP contribution in [0.1, 0.15) is 39.5 Å². The van der Waals surface area contributed by atoms with E-state index in [2.05, 4.69) is 48.7 Å². The third-order valence-electron chi connectivity index (χ3n) is 5.43. The van der Waals surface area contributed by atoms with Crippen molar-refractivity contribution in [3.8, 4) is 0 Å². The molecule has 176 valence electrons. The summed E-state index contributed by atoms with van der Waals surface area (Å²) in [7, 11) is 1.65. The highest BCUT2D eigenvalue weighted by Crippen LogP contribution is 2.24. The van der Waals surface area contributed by atoms with Crippen LogP contribution in [0, 0.1) is 0 Å². The van der Waals surface area contributed by atoms with Crippen LogP contribution in [-0.2, 0) is 20.8 Å². The molecule has 6 nitrogen and oxygen atoms in total. The van der Waals surface area contributed by atoms with Crippen molar-refractivity contribution in [3.05, 3.63) is 59.1 Å². The Morgan fingerprint density at radius 2 is 2.03 bits per heavy atom. The number of ether oxygens (including phenoxy) is 1. The van der Waals surface area contributed by atoms with Crippen LogP contribution in [-0.4, -0.2) is 57.2 Å². The van der Waals surface area contributed by atoms with Gasteiger partial charge in [-0.1, -0.05) is 37.3 Å². The predicted octanol–water partition coefficient (Wildman–Crippen LogP) is 5.22. The Bertz CT molecular complexity index is 887. The van der Waals surface area contributed by atoms with Crippen molar-refractivity contribution in [2.75, 3.05) is 26.8 Å². The lowest BCUT2D eigenvalue weighted by atomic mass is 10.0. The highest BCUT2D eigenvalue weighted by molar-refractivity contribution is 7.76. The number of benzene rings is 1. The van der Waals surface area contributed by atoms with E-state index in [-0.39, 0.29) is 6.04 Å². The highest BCUT2D eigenvalue weighted by atomic mass is 32.2. The van der Waals surface area contributed by atoms with E-state index < -0.39 is 11.3 Å². The summed E-state index contributed by atoms with van der Waals surface area (Å²) in [6.45, 7) is 5.65. The molecule has 32 heavy (non-hydrogen) atoms. The minimum absolute atomic E-state index is 0.0594. The lowest BCUT2D eigenvalue weighted by Gasteiger charge is -2.36. The summed E-state index contributed by atoms with van der Waals surface area (Å²) in [5.41, 5.74) is 2.03. The Kier molecular flexibility index (Phi) is 11.8. The number of piperidine rings is 1. The van der Waals surface area contributed by atoms with Crippen LogP contribution in [0.2, 0.25) is 0 Å². The summed E-state index contributed by atoms with van der Waals surface area (Å²) in [5.74, 6) is 0. The fraction of sp³-hybridized carbons (Fsp3) is 0.458. The smallest absolute Gasteiger partial charge is 0.234 e. The zero-order valence-corrected chi connectivity index (χ0v) is 20.7. The summed E-state index contributed by atoms with van der Waals surface area (Å²) in [6.07, 6.45) is 7.98. The largest absolute Gasteiger partial charge is 0.384 e. The fourth-order valence-corrected chi connectivity index (χ4v) is 4.99. The zero-order chi connectivity index (χ0) is 23.3. The molecule has 1 atom stereocenters. The number of methoxy groups -OCH3 is 1. The number of hydrogen-bond acceptors (Lipinski definition) is 4. The molecular formula is C24H34N2O4S2. The maximum absolute atomic E-state index is 11.7. The molecule has 2 heterocycles. The summed E-state index contributed by atoms with van der Waals surface area (Å²) < 4.78 is 28.3. The van der Waals surface area contributed by atoms with Gasteiger partial charge >= 0.3 is 0 Å². The first kappa shape index (κ1) is 26.4. The minimum atomic E-state index is -1.93. The molecule has 1 aromatic carbocycles. The van der Waals surface area contributed by atoms with E-state index >= 15 is 0 Å². The molecule has 3 rings (SSSR count). The van der Waals surface area contributed by atoms with Crippen molar-refractivity contribution in [3.63, 3.8) is 0 Å². The molecule has 1 N–H and O–H groups in total. The van der Waals surface area contributed by atoms with E-state index in [1.807, 2.05) is 13.0 Å². The molecule has 0 spiro atoms. The molecule has 0 radical (unpaired) electrons. The van der Waals surface area contributed by atoms with Crippen molar-refractivity contribution in [2.24, 2.45) is 0 Å². The maximum Gasteiger partial charge on any atom is 0.234 e. The predicted molar refractivity (Wildman–Crippen MR) is 134 cm³/mol. The van der Waals surface area contributed by atoms with Crippen molar-refractivity contribution in [1.29, 1.82) is 0 Å². The van der Waals surface area contributed by atoms with Crippen LogP contribution >= 0.6 is 11.3 Å². The number of nitrogens with zero attached hydrogens (tertiary/aromatic N) is 2. The lowest BCUT2D eigenvalue weighted by Crippen LogP contribution is -2.44. The van der Waals surface area contributed by atoms with Crippen molar-refractivity contribution in [2.45, 2.75) is 45.6 Å². The van der Waals surface area contributed by atoms with Crippen molar-refractivity contribution >= 4 is 39.1 Å². The molecule has 1 aliphatic rings. The summed E-state index contributed by atoms with van der Waals surface area (Å²) >= 11 is -0.140. The summed E-state index contributed by atoms with van der Waals surface area (Å²) in [6, 6.07) is 10.6. The number of fused-ring (bicyclic) bond motifs is 1. The van der Waals surface area contributed by atoms with E-state index in [4.69, 9.17) is 9.29 Å². The minimum Gasteiger partial charge on any atom is -0.384 e. The third kappa shape index (κ3) is 7.94. The first-order valence-corrected chi connectivity index (χ1v) is 12.8. The number of hydrogen-bond donors (Lipinski definition) is 1. The van der Waals surface area contributed by atoms with E-state index in [0.29, 0.717) is 39.0 Å². The Balaban J connectivity index is 0.000000329. The molecule has 0 bridgehead atoms. The normalized spacial score (nSPS) is 17.0. The van der Waals surface area contributed by atoms with Gasteiger partial charge in [-0.15, -0.1) is 11.3 Å². The summed E-state index contributed by atoms with van der Waals surface area (Å²) in [5, 5.41) is 3.47. The molecule has 2 aromatic rings.